The maximum absolute atomic E-state index is 6.11. The number of rotatable bonds is 9. The van der Waals surface area contributed by atoms with Crippen LogP contribution in [0.2, 0.25) is 0 Å². The molecule has 0 unspecified atom stereocenters. The predicted molar refractivity (Wildman–Crippen MR) is 132 cm³/mol. The highest BCUT2D eigenvalue weighted by atomic mass is 127. The maximum atomic E-state index is 6.11. The number of piperidine rings is 1. The van der Waals surface area contributed by atoms with Gasteiger partial charge in [0.1, 0.15) is 0 Å². The smallest absolute Gasteiger partial charge is 0.191 e. The van der Waals surface area contributed by atoms with Crippen molar-refractivity contribution in [2.45, 2.75) is 57.7 Å². The Labute approximate surface area is 193 Å². The molecule has 1 aliphatic carbocycles. The van der Waals surface area contributed by atoms with Crippen LogP contribution in [-0.2, 0) is 11.3 Å². The summed E-state index contributed by atoms with van der Waals surface area (Å²) in [5.74, 6) is 0.936. The van der Waals surface area contributed by atoms with Crippen LogP contribution in [0, 0.1) is 0 Å². The second kappa shape index (κ2) is 14.0. The van der Waals surface area contributed by atoms with Crippen molar-refractivity contribution in [2.24, 2.45) is 4.99 Å². The van der Waals surface area contributed by atoms with Crippen molar-refractivity contribution in [1.82, 2.24) is 15.5 Å². The van der Waals surface area contributed by atoms with Crippen molar-refractivity contribution in [3.05, 3.63) is 48.0 Å². The van der Waals surface area contributed by atoms with E-state index in [1.54, 1.807) is 0 Å². The molecule has 0 spiro atoms. The minimum atomic E-state index is 0. The summed E-state index contributed by atoms with van der Waals surface area (Å²) in [7, 11) is 0. The molecule has 2 N–H and O–H groups in total. The molecule has 1 aliphatic heterocycles. The lowest BCUT2D eigenvalue weighted by Crippen LogP contribution is -2.42. The van der Waals surface area contributed by atoms with Crippen molar-refractivity contribution in [3.63, 3.8) is 0 Å². The Bertz CT molecular complexity index is 607. The third kappa shape index (κ3) is 9.05. The van der Waals surface area contributed by atoms with Crippen molar-refractivity contribution in [1.29, 1.82) is 0 Å². The van der Waals surface area contributed by atoms with Crippen LogP contribution in [0.4, 0.5) is 0 Å². The largest absolute Gasteiger partial charge is 0.378 e. The van der Waals surface area contributed by atoms with E-state index in [9.17, 15) is 0 Å². The first-order valence-corrected chi connectivity index (χ1v) is 10.9. The van der Waals surface area contributed by atoms with Gasteiger partial charge in [-0.1, -0.05) is 42.5 Å². The molecule has 0 saturated carbocycles. The minimum Gasteiger partial charge on any atom is -0.378 e. The van der Waals surface area contributed by atoms with E-state index in [0.29, 0.717) is 12.1 Å². The fourth-order valence-corrected chi connectivity index (χ4v) is 3.83. The quantitative estimate of drug-likeness (QED) is 0.173. The second-order valence-corrected chi connectivity index (χ2v) is 7.73. The molecule has 6 heteroatoms. The molecule has 5 nitrogen and oxygen atoms in total. The highest BCUT2D eigenvalue weighted by Gasteiger charge is 2.19. The van der Waals surface area contributed by atoms with Crippen molar-refractivity contribution >= 4 is 29.9 Å². The van der Waals surface area contributed by atoms with Gasteiger partial charge in [-0.05, 0) is 44.6 Å². The number of halogens is 1. The highest BCUT2D eigenvalue weighted by Crippen LogP contribution is 2.16. The summed E-state index contributed by atoms with van der Waals surface area (Å²) in [6.45, 7) is 7.92. The Hall–Kier alpha value is -1.12. The Morgan fingerprint density at radius 3 is 2.55 bits per heavy atom. The Kier molecular flexibility index (Phi) is 11.6. The number of nitrogens with one attached hydrogen (secondary N) is 2. The molecule has 1 heterocycles. The first kappa shape index (κ1) is 24.2. The van der Waals surface area contributed by atoms with Crippen molar-refractivity contribution in [3.8, 4) is 0 Å². The number of likely N-dealkylation sites (tertiary alicyclic amines) is 1. The second-order valence-electron chi connectivity index (χ2n) is 7.73. The summed E-state index contributed by atoms with van der Waals surface area (Å²) < 4.78 is 6.11. The van der Waals surface area contributed by atoms with E-state index in [4.69, 9.17) is 9.73 Å². The van der Waals surface area contributed by atoms with Gasteiger partial charge in [0.15, 0.2) is 5.96 Å². The fraction of sp³-hybridized carbons (Fsp3) is 0.609. The molecule has 1 aromatic rings. The topological polar surface area (TPSA) is 48.9 Å². The zero-order valence-electron chi connectivity index (χ0n) is 17.7. The van der Waals surface area contributed by atoms with Gasteiger partial charge in [0.2, 0.25) is 0 Å². The number of hydrogen-bond acceptors (Lipinski definition) is 3. The zero-order valence-corrected chi connectivity index (χ0v) is 20.0. The molecular formula is C23H37IN4O. The molecule has 1 saturated heterocycles. The van der Waals surface area contributed by atoms with Crippen LogP contribution in [-0.4, -0.2) is 55.8 Å². The average Bonchev–Trinajstić information content (AvgIpc) is 3.23. The lowest BCUT2D eigenvalue weighted by atomic mass is 10.1. The average molecular weight is 512 g/mol. The van der Waals surface area contributed by atoms with Gasteiger partial charge < -0.3 is 15.4 Å². The summed E-state index contributed by atoms with van der Waals surface area (Å²) in [6.07, 6.45) is 10.3. The third-order valence-corrected chi connectivity index (χ3v) is 5.40. The summed E-state index contributed by atoms with van der Waals surface area (Å²) in [5.41, 5.74) is 1.40. The molecule has 1 fully saturated rings. The van der Waals surface area contributed by atoms with E-state index < -0.39 is 0 Å². The van der Waals surface area contributed by atoms with Gasteiger partial charge >= 0.3 is 0 Å². The van der Waals surface area contributed by atoms with Crippen LogP contribution >= 0.6 is 24.0 Å². The van der Waals surface area contributed by atoms with Gasteiger partial charge in [-0.25, -0.2) is 0 Å². The van der Waals surface area contributed by atoms with Crippen LogP contribution < -0.4 is 10.6 Å². The molecular weight excluding hydrogens is 475 g/mol. The standard InChI is InChI=1S/C23H36N4O.HI/c1-2-24-23(26-21-11-6-7-12-21)25-15-8-18-28-22-13-16-27(17-14-22)19-20-9-4-3-5-10-20;/h3-7,9-10,21-22H,2,8,11-19H2,1H3,(H2,24,25,26);1H. The molecule has 0 radical (unpaired) electrons. The molecule has 0 bridgehead atoms. The molecule has 29 heavy (non-hydrogen) atoms. The summed E-state index contributed by atoms with van der Waals surface area (Å²) >= 11 is 0. The van der Waals surface area contributed by atoms with Crippen LogP contribution in [0.15, 0.2) is 47.5 Å². The van der Waals surface area contributed by atoms with E-state index >= 15 is 0 Å². The third-order valence-electron chi connectivity index (χ3n) is 5.40. The fourth-order valence-electron chi connectivity index (χ4n) is 3.83. The van der Waals surface area contributed by atoms with Crippen LogP contribution in [0.5, 0.6) is 0 Å². The van der Waals surface area contributed by atoms with Gasteiger partial charge in [-0.15, -0.1) is 24.0 Å². The maximum Gasteiger partial charge on any atom is 0.191 e. The van der Waals surface area contributed by atoms with Crippen molar-refractivity contribution < 1.29 is 4.74 Å². The van der Waals surface area contributed by atoms with Crippen LogP contribution in [0.25, 0.3) is 0 Å². The molecule has 2 aliphatic rings. The normalized spacial score (nSPS) is 18.6. The van der Waals surface area contributed by atoms with E-state index in [2.05, 4.69) is 64.9 Å². The van der Waals surface area contributed by atoms with E-state index in [-0.39, 0.29) is 24.0 Å². The molecule has 1 aromatic carbocycles. The number of benzene rings is 1. The molecule has 162 valence electrons. The van der Waals surface area contributed by atoms with E-state index in [1.807, 2.05) is 0 Å². The van der Waals surface area contributed by atoms with Gasteiger partial charge in [0.05, 0.1) is 6.10 Å². The van der Waals surface area contributed by atoms with E-state index in [0.717, 1.165) is 77.4 Å². The molecule has 0 aromatic heterocycles. The van der Waals surface area contributed by atoms with Gasteiger partial charge in [-0.2, -0.15) is 0 Å². The number of nitrogens with zero attached hydrogens (tertiary/aromatic N) is 2. The lowest BCUT2D eigenvalue weighted by molar-refractivity contribution is 0.00566. The zero-order chi connectivity index (χ0) is 19.4. The highest BCUT2D eigenvalue weighted by molar-refractivity contribution is 14.0. The summed E-state index contributed by atoms with van der Waals surface area (Å²) in [6, 6.07) is 11.2. The SMILES string of the molecule is CCNC(=NCCCOC1CCN(Cc2ccccc2)CC1)NC1CC=CC1.I. The van der Waals surface area contributed by atoms with Gasteiger partial charge in [0.25, 0.3) is 0 Å². The Morgan fingerprint density at radius 1 is 1.14 bits per heavy atom. The molecule has 0 atom stereocenters. The summed E-state index contributed by atoms with van der Waals surface area (Å²) in [5, 5.41) is 6.85. The Morgan fingerprint density at radius 2 is 1.86 bits per heavy atom. The van der Waals surface area contributed by atoms with Gasteiger partial charge in [-0.3, -0.25) is 9.89 Å². The molecule has 0 amide bonds. The lowest BCUT2D eigenvalue weighted by Gasteiger charge is -2.31. The number of guanidine groups is 1. The first-order chi connectivity index (χ1) is 13.8. The number of hydrogen-bond donors (Lipinski definition) is 2. The van der Waals surface area contributed by atoms with Crippen LogP contribution in [0.3, 0.4) is 0 Å². The number of aliphatic imine (C=N–C) groups is 1. The minimum absolute atomic E-state index is 0. The monoisotopic (exact) mass is 512 g/mol. The first-order valence-electron chi connectivity index (χ1n) is 10.9. The predicted octanol–water partition coefficient (Wildman–Crippen LogP) is 3.95. The van der Waals surface area contributed by atoms with Gasteiger partial charge in [0, 0.05) is 45.4 Å². The number of ether oxygens (including phenoxy) is 1. The van der Waals surface area contributed by atoms with E-state index in [1.165, 1.54) is 5.56 Å². The Balaban J connectivity index is 0.00000300. The molecule has 3 rings (SSSR count). The summed E-state index contributed by atoms with van der Waals surface area (Å²) in [4.78, 5) is 7.23. The van der Waals surface area contributed by atoms with Crippen LogP contribution in [0.1, 0.15) is 44.6 Å². The van der Waals surface area contributed by atoms with Crippen molar-refractivity contribution in [2.75, 3.05) is 32.8 Å².